The Morgan fingerprint density at radius 3 is 2.67 bits per heavy atom. The van der Waals surface area contributed by atoms with Gasteiger partial charge in [-0.05, 0) is 37.6 Å². The molecule has 0 atom stereocenters. The Balaban J connectivity index is 0.00000364. The molecule has 1 saturated heterocycles. The molecule has 1 aromatic rings. The van der Waals surface area contributed by atoms with Gasteiger partial charge in [-0.15, -0.1) is 35.3 Å². The van der Waals surface area contributed by atoms with E-state index >= 15 is 0 Å². The molecule has 156 valence electrons. The number of thiophene rings is 1. The largest absolute Gasteiger partial charge is 0.385 e. The quantitative estimate of drug-likeness (QED) is 0.236. The first-order chi connectivity index (χ1) is 12.6. The van der Waals surface area contributed by atoms with Gasteiger partial charge in [-0.1, -0.05) is 19.9 Å². The summed E-state index contributed by atoms with van der Waals surface area (Å²) in [5, 5.41) is 5.61. The van der Waals surface area contributed by atoms with Gasteiger partial charge in [-0.3, -0.25) is 4.99 Å². The van der Waals surface area contributed by atoms with Crippen molar-refractivity contribution >= 4 is 41.3 Å². The van der Waals surface area contributed by atoms with E-state index in [1.807, 2.05) is 11.3 Å². The standard InChI is InChI=1S/C20H35N3O2S.HI/c1-5-21-19(22-16-20(2,3)18-8-6-15-26-18)23-11-9-17(10-12-23)25-14-7-13-24-4;/h6,8,15,17H,5,7,9-14,16H2,1-4H3,(H,21,22);1H. The zero-order chi connectivity index (χ0) is 18.8. The summed E-state index contributed by atoms with van der Waals surface area (Å²) < 4.78 is 11.0. The second kappa shape index (κ2) is 13.0. The maximum Gasteiger partial charge on any atom is 0.193 e. The summed E-state index contributed by atoms with van der Waals surface area (Å²) in [6.07, 6.45) is 3.46. The number of aliphatic imine (C=N–C) groups is 1. The van der Waals surface area contributed by atoms with Crippen LogP contribution in [-0.2, 0) is 14.9 Å². The van der Waals surface area contributed by atoms with Gasteiger partial charge in [0.25, 0.3) is 0 Å². The van der Waals surface area contributed by atoms with Crippen LogP contribution in [0.2, 0.25) is 0 Å². The average molecular weight is 509 g/mol. The van der Waals surface area contributed by atoms with Crippen molar-refractivity contribution in [2.75, 3.05) is 46.5 Å². The second-order valence-electron chi connectivity index (χ2n) is 7.43. The highest BCUT2D eigenvalue weighted by atomic mass is 127. The molecule has 0 bridgehead atoms. The molecular formula is C20H36IN3O2S. The third-order valence-electron chi connectivity index (χ3n) is 4.74. The van der Waals surface area contributed by atoms with Crippen LogP contribution in [0.4, 0.5) is 0 Å². The van der Waals surface area contributed by atoms with Crippen LogP contribution in [-0.4, -0.2) is 63.5 Å². The summed E-state index contributed by atoms with van der Waals surface area (Å²) in [4.78, 5) is 8.72. The lowest BCUT2D eigenvalue weighted by molar-refractivity contribution is 0.00989. The topological polar surface area (TPSA) is 46.1 Å². The Morgan fingerprint density at radius 1 is 1.33 bits per heavy atom. The Hall–Kier alpha value is -0.380. The van der Waals surface area contributed by atoms with Crippen LogP contribution in [0.25, 0.3) is 0 Å². The van der Waals surface area contributed by atoms with E-state index in [1.165, 1.54) is 4.88 Å². The molecular weight excluding hydrogens is 473 g/mol. The third kappa shape index (κ3) is 8.25. The molecule has 27 heavy (non-hydrogen) atoms. The second-order valence-corrected chi connectivity index (χ2v) is 8.38. The van der Waals surface area contributed by atoms with Gasteiger partial charge in [-0.25, -0.2) is 0 Å². The van der Waals surface area contributed by atoms with Crippen LogP contribution in [0.1, 0.15) is 44.9 Å². The number of nitrogens with zero attached hydrogens (tertiary/aromatic N) is 2. The van der Waals surface area contributed by atoms with Crippen molar-refractivity contribution in [3.05, 3.63) is 22.4 Å². The molecule has 0 spiro atoms. The number of hydrogen-bond acceptors (Lipinski definition) is 4. The minimum absolute atomic E-state index is 0. The summed E-state index contributed by atoms with van der Waals surface area (Å²) in [5.41, 5.74) is 0.0671. The van der Waals surface area contributed by atoms with Gasteiger partial charge in [0, 0.05) is 50.2 Å². The normalized spacial score (nSPS) is 16.3. The summed E-state index contributed by atoms with van der Waals surface area (Å²) in [5.74, 6) is 1.04. The first-order valence-electron chi connectivity index (χ1n) is 9.74. The average Bonchev–Trinajstić information content (AvgIpc) is 3.19. The van der Waals surface area contributed by atoms with Crippen LogP contribution >= 0.6 is 35.3 Å². The van der Waals surface area contributed by atoms with Crippen molar-refractivity contribution in [1.82, 2.24) is 10.2 Å². The van der Waals surface area contributed by atoms with Crippen LogP contribution in [0, 0.1) is 0 Å². The Kier molecular flexibility index (Phi) is 11.8. The fourth-order valence-electron chi connectivity index (χ4n) is 3.13. The predicted octanol–water partition coefficient (Wildman–Crippen LogP) is 4.13. The molecule has 0 unspecified atom stereocenters. The number of hydrogen-bond donors (Lipinski definition) is 1. The van der Waals surface area contributed by atoms with Crippen molar-refractivity contribution in [2.45, 2.75) is 51.6 Å². The third-order valence-corrected chi connectivity index (χ3v) is 5.97. The lowest BCUT2D eigenvalue weighted by Gasteiger charge is -2.34. The van der Waals surface area contributed by atoms with Gasteiger partial charge in [-0.2, -0.15) is 0 Å². The Labute approximate surface area is 185 Å². The number of likely N-dealkylation sites (tertiary alicyclic amines) is 1. The van der Waals surface area contributed by atoms with E-state index < -0.39 is 0 Å². The molecule has 0 radical (unpaired) electrons. The van der Waals surface area contributed by atoms with Gasteiger partial charge in [0.15, 0.2) is 5.96 Å². The fourth-order valence-corrected chi connectivity index (χ4v) is 3.97. The Morgan fingerprint density at radius 2 is 2.07 bits per heavy atom. The molecule has 0 aromatic carbocycles. The molecule has 2 rings (SSSR count). The minimum Gasteiger partial charge on any atom is -0.385 e. The summed E-state index contributed by atoms with van der Waals surface area (Å²) in [7, 11) is 1.74. The highest BCUT2D eigenvalue weighted by molar-refractivity contribution is 14.0. The number of nitrogens with one attached hydrogen (secondary N) is 1. The molecule has 1 fully saturated rings. The number of halogens is 1. The van der Waals surface area contributed by atoms with Crippen LogP contribution in [0.5, 0.6) is 0 Å². The number of ether oxygens (including phenoxy) is 2. The molecule has 0 aliphatic carbocycles. The number of piperidine rings is 1. The molecule has 5 nitrogen and oxygen atoms in total. The zero-order valence-electron chi connectivity index (χ0n) is 17.2. The van der Waals surface area contributed by atoms with Crippen molar-refractivity contribution in [3.8, 4) is 0 Å². The lowest BCUT2D eigenvalue weighted by Crippen LogP contribution is -2.47. The van der Waals surface area contributed by atoms with Gasteiger partial charge in [0.2, 0.25) is 0 Å². The van der Waals surface area contributed by atoms with E-state index in [0.717, 1.165) is 64.6 Å². The van der Waals surface area contributed by atoms with Crippen molar-refractivity contribution in [2.24, 2.45) is 4.99 Å². The first-order valence-corrected chi connectivity index (χ1v) is 10.6. The molecule has 0 saturated carbocycles. The SMILES string of the molecule is CCNC(=NCC(C)(C)c1cccs1)N1CCC(OCCCOC)CC1.I. The van der Waals surface area contributed by atoms with Crippen LogP contribution < -0.4 is 5.32 Å². The highest BCUT2D eigenvalue weighted by Crippen LogP contribution is 2.27. The van der Waals surface area contributed by atoms with E-state index in [0.29, 0.717) is 6.10 Å². The Bertz CT molecular complexity index is 529. The molecule has 1 aliphatic heterocycles. The summed E-state index contributed by atoms with van der Waals surface area (Å²) >= 11 is 1.81. The number of rotatable bonds is 9. The molecule has 1 aromatic heterocycles. The first kappa shape index (κ1) is 24.7. The van der Waals surface area contributed by atoms with Gasteiger partial charge in [0.05, 0.1) is 12.6 Å². The van der Waals surface area contributed by atoms with E-state index in [2.05, 4.69) is 48.5 Å². The zero-order valence-corrected chi connectivity index (χ0v) is 20.3. The molecule has 1 aliphatic rings. The lowest BCUT2D eigenvalue weighted by atomic mass is 9.92. The smallest absolute Gasteiger partial charge is 0.193 e. The van der Waals surface area contributed by atoms with Gasteiger partial charge < -0.3 is 19.7 Å². The van der Waals surface area contributed by atoms with Gasteiger partial charge >= 0.3 is 0 Å². The van der Waals surface area contributed by atoms with Crippen molar-refractivity contribution < 1.29 is 9.47 Å². The van der Waals surface area contributed by atoms with Crippen molar-refractivity contribution in [1.29, 1.82) is 0 Å². The number of methoxy groups -OCH3 is 1. The van der Waals surface area contributed by atoms with Crippen LogP contribution in [0.3, 0.4) is 0 Å². The van der Waals surface area contributed by atoms with E-state index in [-0.39, 0.29) is 29.4 Å². The van der Waals surface area contributed by atoms with E-state index in [4.69, 9.17) is 14.5 Å². The van der Waals surface area contributed by atoms with Gasteiger partial charge in [0.1, 0.15) is 0 Å². The molecule has 1 N–H and O–H groups in total. The minimum atomic E-state index is 0. The predicted molar refractivity (Wildman–Crippen MR) is 126 cm³/mol. The molecule has 0 amide bonds. The molecule has 2 heterocycles. The van der Waals surface area contributed by atoms with E-state index in [1.54, 1.807) is 7.11 Å². The summed E-state index contributed by atoms with van der Waals surface area (Å²) in [6, 6.07) is 4.33. The van der Waals surface area contributed by atoms with Crippen molar-refractivity contribution in [3.63, 3.8) is 0 Å². The van der Waals surface area contributed by atoms with Crippen LogP contribution in [0.15, 0.2) is 22.5 Å². The maximum atomic E-state index is 5.97. The maximum absolute atomic E-state index is 5.97. The fraction of sp³-hybridized carbons (Fsp3) is 0.750. The van der Waals surface area contributed by atoms with E-state index in [9.17, 15) is 0 Å². The summed E-state index contributed by atoms with van der Waals surface area (Å²) in [6.45, 7) is 11.9. The molecule has 7 heteroatoms. The highest BCUT2D eigenvalue weighted by Gasteiger charge is 2.24. The monoisotopic (exact) mass is 509 g/mol. The number of guanidine groups is 1.